The van der Waals surface area contributed by atoms with Crippen LogP contribution in [0.25, 0.3) is 0 Å². The predicted octanol–water partition coefficient (Wildman–Crippen LogP) is 1.65. The van der Waals surface area contributed by atoms with Crippen LogP contribution in [0, 0.1) is 0 Å². The quantitative estimate of drug-likeness (QED) is 0.877. The Balaban J connectivity index is 2.15. The van der Waals surface area contributed by atoms with Crippen molar-refractivity contribution < 1.29 is 9.59 Å². The summed E-state index contributed by atoms with van der Waals surface area (Å²) >= 11 is 0. The van der Waals surface area contributed by atoms with Crippen molar-refractivity contribution in [1.29, 1.82) is 0 Å². The van der Waals surface area contributed by atoms with Crippen molar-refractivity contribution in [1.82, 2.24) is 15.6 Å². The van der Waals surface area contributed by atoms with Gasteiger partial charge in [-0.1, -0.05) is 19.3 Å². The minimum atomic E-state index is -0.755. The largest absolute Gasteiger partial charge is 0.354 e. The minimum absolute atomic E-state index is 0.0675. The molecule has 1 saturated carbocycles. The lowest BCUT2D eigenvalue weighted by atomic mass is 9.80. The average Bonchev–Trinajstić information content (AvgIpc) is 2.49. The fraction of sp³-hybridized carbons (Fsp3) is 0.533. The van der Waals surface area contributed by atoms with Crippen LogP contribution in [0.1, 0.15) is 49.4 Å². The molecule has 5 heteroatoms. The third-order valence-electron chi connectivity index (χ3n) is 3.77. The summed E-state index contributed by atoms with van der Waals surface area (Å²) in [7, 11) is 0. The van der Waals surface area contributed by atoms with E-state index in [0.717, 1.165) is 19.3 Å². The first kappa shape index (κ1) is 14.5. The van der Waals surface area contributed by atoms with E-state index in [-0.39, 0.29) is 11.8 Å². The molecule has 2 rings (SSSR count). The maximum absolute atomic E-state index is 12.3. The molecule has 0 spiro atoms. The number of rotatable bonds is 4. The van der Waals surface area contributed by atoms with Crippen LogP contribution in [0.3, 0.4) is 0 Å². The van der Waals surface area contributed by atoms with Crippen molar-refractivity contribution in [3.05, 3.63) is 30.1 Å². The van der Waals surface area contributed by atoms with Crippen molar-refractivity contribution in [2.24, 2.45) is 0 Å². The number of pyridine rings is 1. The Labute approximate surface area is 119 Å². The zero-order valence-electron chi connectivity index (χ0n) is 11.8. The number of nitrogens with zero attached hydrogens (tertiary/aromatic N) is 1. The van der Waals surface area contributed by atoms with Gasteiger partial charge in [0.2, 0.25) is 5.91 Å². The van der Waals surface area contributed by atoms with Gasteiger partial charge in [-0.25, -0.2) is 0 Å². The number of hydrogen-bond donors (Lipinski definition) is 2. The van der Waals surface area contributed by atoms with Gasteiger partial charge in [-0.15, -0.1) is 0 Å². The molecule has 0 aliphatic heterocycles. The average molecular weight is 275 g/mol. The molecule has 2 amide bonds. The lowest BCUT2D eigenvalue weighted by Crippen LogP contribution is -2.59. The van der Waals surface area contributed by atoms with Crippen LogP contribution in [-0.2, 0) is 4.79 Å². The highest BCUT2D eigenvalue weighted by atomic mass is 16.2. The summed E-state index contributed by atoms with van der Waals surface area (Å²) in [4.78, 5) is 28.6. The number of carbonyl (C=O) groups is 2. The molecule has 1 aromatic heterocycles. The highest BCUT2D eigenvalue weighted by Crippen LogP contribution is 2.28. The topological polar surface area (TPSA) is 71.1 Å². The molecule has 2 N–H and O–H groups in total. The third-order valence-corrected chi connectivity index (χ3v) is 3.77. The lowest BCUT2D eigenvalue weighted by Gasteiger charge is -2.36. The van der Waals surface area contributed by atoms with Gasteiger partial charge in [0.1, 0.15) is 5.54 Å². The van der Waals surface area contributed by atoms with E-state index in [9.17, 15) is 9.59 Å². The molecule has 0 aromatic carbocycles. The molecule has 1 aromatic rings. The van der Waals surface area contributed by atoms with Gasteiger partial charge in [0.15, 0.2) is 0 Å². The molecule has 20 heavy (non-hydrogen) atoms. The zero-order valence-corrected chi connectivity index (χ0v) is 11.8. The summed E-state index contributed by atoms with van der Waals surface area (Å²) in [6, 6.07) is 3.31. The first-order chi connectivity index (χ1) is 9.68. The summed E-state index contributed by atoms with van der Waals surface area (Å²) in [6.45, 7) is 2.46. The summed E-state index contributed by atoms with van der Waals surface area (Å²) in [6.07, 6.45) is 7.61. The molecule has 0 saturated heterocycles. The second-order valence-electron chi connectivity index (χ2n) is 5.19. The number of likely N-dealkylation sites (N-methyl/N-ethyl adjacent to an activating group) is 1. The fourth-order valence-corrected chi connectivity index (χ4v) is 2.69. The Morgan fingerprint density at radius 3 is 2.45 bits per heavy atom. The van der Waals surface area contributed by atoms with Crippen molar-refractivity contribution >= 4 is 11.8 Å². The van der Waals surface area contributed by atoms with Crippen LogP contribution in [0.2, 0.25) is 0 Å². The maximum Gasteiger partial charge on any atom is 0.252 e. The molecule has 0 unspecified atom stereocenters. The Morgan fingerprint density at radius 1 is 1.20 bits per heavy atom. The Morgan fingerprint density at radius 2 is 1.85 bits per heavy atom. The summed E-state index contributed by atoms with van der Waals surface area (Å²) in [5.41, 5.74) is -0.219. The van der Waals surface area contributed by atoms with E-state index in [1.165, 1.54) is 0 Å². The van der Waals surface area contributed by atoms with E-state index in [4.69, 9.17) is 0 Å². The maximum atomic E-state index is 12.3. The minimum Gasteiger partial charge on any atom is -0.354 e. The molecular weight excluding hydrogens is 254 g/mol. The lowest BCUT2D eigenvalue weighted by molar-refractivity contribution is -0.128. The van der Waals surface area contributed by atoms with Crippen molar-refractivity contribution in [2.75, 3.05) is 6.54 Å². The molecule has 1 aliphatic rings. The van der Waals surface area contributed by atoms with Gasteiger partial charge in [0, 0.05) is 24.5 Å². The van der Waals surface area contributed by atoms with Gasteiger partial charge < -0.3 is 10.6 Å². The summed E-state index contributed by atoms with van der Waals surface area (Å²) < 4.78 is 0. The monoisotopic (exact) mass is 275 g/mol. The molecule has 1 fully saturated rings. The standard InChI is InChI=1S/C15H21N3O2/c1-2-17-14(20)15(8-4-3-5-9-15)18-13(19)12-6-10-16-11-7-12/h6-7,10-11H,2-5,8-9H2,1H3,(H,17,20)(H,18,19). The van der Waals surface area contributed by atoms with E-state index < -0.39 is 5.54 Å². The van der Waals surface area contributed by atoms with Crippen LogP contribution in [0.4, 0.5) is 0 Å². The van der Waals surface area contributed by atoms with E-state index in [0.29, 0.717) is 24.9 Å². The van der Waals surface area contributed by atoms with Gasteiger partial charge >= 0.3 is 0 Å². The van der Waals surface area contributed by atoms with E-state index in [2.05, 4.69) is 15.6 Å². The summed E-state index contributed by atoms with van der Waals surface area (Å²) in [5, 5.41) is 5.80. The van der Waals surface area contributed by atoms with Gasteiger partial charge in [-0.3, -0.25) is 14.6 Å². The first-order valence-electron chi connectivity index (χ1n) is 7.19. The Hall–Kier alpha value is -1.91. The summed E-state index contributed by atoms with van der Waals surface area (Å²) in [5.74, 6) is -0.275. The molecule has 5 nitrogen and oxygen atoms in total. The predicted molar refractivity (Wildman–Crippen MR) is 76.2 cm³/mol. The Kier molecular flexibility index (Phi) is 4.71. The molecule has 0 atom stereocenters. The SMILES string of the molecule is CCNC(=O)C1(NC(=O)c2ccncc2)CCCCC1. The molecular formula is C15H21N3O2. The third kappa shape index (κ3) is 3.15. The second kappa shape index (κ2) is 6.50. The highest BCUT2D eigenvalue weighted by molar-refractivity contribution is 5.99. The number of aromatic nitrogens is 1. The van der Waals surface area contributed by atoms with E-state index >= 15 is 0 Å². The molecule has 1 aliphatic carbocycles. The van der Waals surface area contributed by atoms with Crippen molar-refractivity contribution in [2.45, 2.75) is 44.6 Å². The second-order valence-corrected chi connectivity index (χ2v) is 5.19. The number of carbonyl (C=O) groups excluding carboxylic acids is 2. The number of amides is 2. The van der Waals surface area contributed by atoms with Gasteiger partial charge in [-0.2, -0.15) is 0 Å². The number of nitrogens with one attached hydrogen (secondary N) is 2. The smallest absolute Gasteiger partial charge is 0.252 e. The Bertz CT molecular complexity index is 467. The van der Waals surface area contributed by atoms with Crippen molar-refractivity contribution in [3.8, 4) is 0 Å². The van der Waals surface area contributed by atoms with E-state index in [1.54, 1.807) is 24.5 Å². The highest BCUT2D eigenvalue weighted by Gasteiger charge is 2.40. The van der Waals surface area contributed by atoms with Crippen LogP contribution in [0.15, 0.2) is 24.5 Å². The van der Waals surface area contributed by atoms with E-state index in [1.807, 2.05) is 6.92 Å². The molecule has 0 bridgehead atoms. The van der Waals surface area contributed by atoms with Gasteiger partial charge in [0.25, 0.3) is 5.91 Å². The number of hydrogen-bond acceptors (Lipinski definition) is 3. The van der Waals surface area contributed by atoms with Crippen LogP contribution < -0.4 is 10.6 Å². The normalized spacial score (nSPS) is 17.2. The first-order valence-corrected chi connectivity index (χ1v) is 7.19. The molecule has 1 heterocycles. The van der Waals surface area contributed by atoms with Crippen molar-refractivity contribution in [3.63, 3.8) is 0 Å². The van der Waals surface area contributed by atoms with Crippen LogP contribution in [-0.4, -0.2) is 28.9 Å². The van der Waals surface area contributed by atoms with Gasteiger partial charge in [0.05, 0.1) is 0 Å². The van der Waals surface area contributed by atoms with Crippen LogP contribution in [0.5, 0.6) is 0 Å². The zero-order chi connectivity index (χ0) is 14.4. The van der Waals surface area contributed by atoms with Gasteiger partial charge in [-0.05, 0) is 31.9 Å². The molecule has 108 valence electrons. The fourth-order valence-electron chi connectivity index (χ4n) is 2.69. The van der Waals surface area contributed by atoms with Crippen LogP contribution >= 0.6 is 0 Å². The molecule has 0 radical (unpaired) electrons.